The minimum absolute atomic E-state index is 0.0825. The summed E-state index contributed by atoms with van der Waals surface area (Å²) in [5.41, 5.74) is 0. The van der Waals surface area contributed by atoms with Crippen LogP contribution in [0.25, 0.3) is 0 Å². The van der Waals surface area contributed by atoms with Gasteiger partial charge in [-0.05, 0) is 45.2 Å². The van der Waals surface area contributed by atoms with Gasteiger partial charge in [-0.15, -0.1) is 10.2 Å². The molecule has 2 aliphatic rings. The Bertz CT molecular complexity index is 503. The van der Waals surface area contributed by atoms with Gasteiger partial charge in [0.1, 0.15) is 0 Å². The van der Waals surface area contributed by atoms with Crippen LogP contribution >= 0.6 is 23.1 Å². The van der Waals surface area contributed by atoms with E-state index in [0.29, 0.717) is 6.04 Å². The lowest BCUT2D eigenvalue weighted by atomic mass is 10.0. The third-order valence-electron chi connectivity index (χ3n) is 4.02. The molecule has 1 aliphatic heterocycles. The van der Waals surface area contributed by atoms with Crippen LogP contribution in [0.3, 0.4) is 0 Å². The lowest BCUT2D eigenvalue weighted by molar-refractivity contribution is -0.116. The predicted octanol–water partition coefficient (Wildman–Crippen LogP) is 2.49. The van der Waals surface area contributed by atoms with Crippen molar-refractivity contribution in [3.8, 4) is 0 Å². The molecule has 21 heavy (non-hydrogen) atoms. The van der Waals surface area contributed by atoms with Crippen LogP contribution < -0.4 is 4.90 Å². The fourth-order valence-electron chi connectivity index (χ4n) is 2.84. The van der Waals surface area contributed by atoms with Crippen LogP contribution in [0.1, 0.15) is 32.6 Å². The van der Waals surface area contributed by atoms with Crippen molar-refractivity contribution in [3.63, 3.8) is 0 Å². The van der Waals surface area contributed by atoms with E-state index < -0.39 is 0 Å². The molecule has 1 aromatic rings. The fraction of sp³-hybridized carbons (Fsp3) is 0.786. The van der Waals surface area contributed by atoms with Crippen LogP contribution in [0.5, 0.6) is 0 Å². The summed E-state index contributed by atoms with van der Waals surface area (Å²) in [5, 5.41) is 9.25. The number of piperidine rings is 1. The van der Waals surface area contributed by atoms with Gasteiger partial charge in [0.15, 0.2) is 4.34 Å². The first kappa shape index (κ1) is 15.2. The number of carbonyl (C=O) groups excluding carboxylic acids is 1. The van der Waals surface area contributed by atoms with E-state index in [2.05, 4.69) is 22.1 Å². The molecule has 3 rings (SSSR count). The number of amides is 1. The van der Waals surface area contributed by atoms with Gasteiger partial charge in [-0.3, -0.25) is 9.69 Å². The standard InChI is InChI=1S/C14H22N4OS2/c1-10(19)18(12-5-6-12)13-15-16-14(21-13)20-9-11-4-3-7-17(2)8-11/h11-12H,3-9H2,1-2H3/t11-/m0/s1. The Morgan fingerprint density at radius 1 is 1.43 bits per heavy atom. The van der Waals surface area contributed by atoms with Crippen LogP contribution in [-0.2, 0) is 4.79 Å². The van der Waals surface area contributed by atoms with Gasteiger partial charge < -0.3 is 4.90 Å². The summed E-state index contributed by atoms with van der Waals surface area (Å²) in [5.74, 6) is 1.93. The smallest absolute Gasteiger partial charge is 0.225 e. The average Bonchev–Trinajstić information content (AvgIpc) is 3.15. The lowest BCUT2D eigenvalue weighted by Gasteiger charge is -2.29. The highest BCUT2D eigenvalue weighted by molar-refractivity contribution is 8.01. The van der Waals surface area contributed by atoms with Crippen LogP contribution in [0.4, 0.5) is 5.13 Å². The van der Waals surface area contributed by atoms with E-state index in [4.69, 9.17) is 0 Å². The number of hydrogen-bond acceptors (Lipinski definition) is 6. The molecule has 0 radical (unpaired) electrons. The quantitative estimate of drug-likeness (QED) is 0.614. The van der Waals surface area contributed by atoms with Gasteiger partial charge in [-0.1, -0.05) is 23.1 Å². The fourth-order valence-corrected chi connectivity index (χ4v) is 4.95. The second-order valence-corrected chi connectivity index (χ2v) is 8.28. The van der Waals surface area contributed by atoms with Gasteiger partial charge in [0.25, 0.3) is 0 Å². The van der Waals surface area contributed by atoms with E-state index >= 15 is 0 Å². The first-order valence-electron chi connectivity index (χ1n) is 7.58. The Hall–Kier alpha value is -0.660. The third-order valence-corrected chi connectivity index (χ3v) is 6.31. The highest BCUT2D eigenvalue weighted by Crippen LogP contribution is 2.36. The number of rotatable bonds is 5. The van der Waals surface area contributed by atoms with Gasteiger partial charge in [-0.25, -0.2) is 0 Å². The van der Waals surface area contributed by atoms with Gasteiger partial charge in [0.2, 0.25) is 11.0 Å². The minimum atomic E-state index is 0.0825. The molecule has 1 aliphatic carbocycles. The number of likely N-dealkylation sites (tertiary alicyclic amines) is 1. The van der Waals surface area contributed by atoms with Gasteiger partial charge in [-0.2, -0.15) is 0 Å². The number of thioether (sulfide) groups is 1. The molecule has 0 aromatic carbocycles. The van der Waals surface area contributed by atoms with Crippen molar-refractivity contribution in [1.29, 1.82) is 0 Å². The predicted molar refractivity (Wildman–Crippen MR) is 87.0 cm³/mol. The van der Waals surface area contributed by atoms with E-state index in [9.17, 15) is 4.79 Å². The summed E-state index contributed by atoms with van der Waals surface area (Å²) in [6.07, 6.45) is 4.79. The Balaban J connectivity index is 1.56. The summed E-state index contributed by atoms with van der Waals surface area (Å²) in [4.78, 5) is 16.0. The van der Waals surface area contributed by atoms with Gasteiger partial charge >= 0.3 is 0 Å². The highest BCUT2D eigenvalue weighted by atomic mass is 32.2. The largest absolute Gasteiger partial charge is 0.306 e. The Kier molecular flexibility index (Phi) is 4.81. The minimum Gasteiger partial charge on any atom is -0.306 e. The topological polar surface area (TPSA) is 49.3 Å². The summed E-state index contributed by atoms with van der Waals surface area (Å²) in [6, 6.07) is 0.361. The molecule has 1 aromatic heterocycles. The van der Waals surface area contributed by atoms with E-state index in [1.807, 2.05) is 4.90 Å². The van der Waals surface area contributed by atoms with Crippen molar-refractivity contribution in [1.82, 2.24) is 15.1 Å². The highest BCUT2D eigenvalue weighted by Gasteiger charge is 2.34. The molecular formula is C14H22N4OS2. The van der Waals surface area contributed by atoms with Crippen molar-refractivity contribution in [3.05, 3.63) is 0 Å². The zero-order valence-corrected chi connectivity index (χ0v) is 14.3. The van der Waals surface area contributed by atoms with Crippen LogP contribution in [0.15, 0.2) is 4.34 Å². The van der Waals surface area contributed by atoms with Crippen molar-refractivity contribution in [2.24, 2.45) is 5.92 Å². The summed E-state index contributed by atoms with van der Waals surface area (Å²) in [7, 11) is 2.19. The number of hydrogen-bond donors (Lipinski definition) is 0. The maximum Gasteiger partial charge on any atom is 0.225 e. The third kappa shape index (κ3) is 3.96. The van der Waals surface area contributed by atoms with Crippen LogP contribution in [0.2, 0.25) is 0 Å². The van der Waals surface area contributed by atoms with Crippen molar-refractivity contribution in [2.45, 2.75) is 43.0 Å². The Labute approximate surface area is 134 Å². The second-order valence-electron chi connectivity index (χ2n) is 6.05. The summed E-state index contributed by atoms with van der Waals surface area (Å²) >= 11 is 3.35. The molecule has 0 N–H and O–H groups in total. The van der Waals surface area contributed by atoms with Crippen molar-refractivity contribution in [2.75, 3.05) is 30.8 Å². The molecular weight excluding hydrogens is 304 g/mol. The summed E-state index contributed by atoms with van der Waals surface area (Å²) in [6.45, 7) is 4.02. The molecule has 1 saturated heterocycles. The molecule has 2 fully saturated rings. The Morgan fingerprint density at radius 2 is 2.24 bits per heavy atom. The Morgan fingerprint density at radius 3 is 2.90 bits per heavy atom. The first-order chi connectivity index (χ1) is 10.1. The lowest BCUT2D eigenvalue weighted by Crippen LogP contribution is -2.33. The van der Waals surface area contributed by atoms with Gasteiger partial charge in [0.05, 0.1) is 0 Å². The van der Waals surface area contributed by atoms with E-state index in [1.165, 1.54) is 25.9 Å². The molecule has 1 atom stereocenters. The number of aromatic nitrogens is 2. The zero-order valence-electron chi connectivity index (χ0n) is 12.6. The van der Waals surface area contributed by atoms with Crippen LogP contribution in [0, 0.1) is 5.92 Å². The average molecular weight is 326 g/mol. The van der Waals surface area contributed by atoms with E-state index in [-0.39, 0.29) is 5.91 Å². The van der Waals surface area contributed by atoms with Gasteiger partial charge in [0, 0.05) is 25.3 Å². The molecule has 1 amide bonds. The molecule has 7 heteroatoms. The molecule has 1 saturated carbocycles. The molecule has 0 spiro atoms. The zero-order chi connectivity index (χ0) is 14.8. The molecule has 0 unspecified atom stereocenters. The van der Waals surface area contributed by atoms with E-state index in [1.54, 1.807) is 30.0 Å². The van der Waals surface area contributed by atoms with Crippen molar-refractivity contribution >= 4 is 34.1 Å². The monoisotopic (exact) mass is 326 g/mol. The summed E-state index contributed by atoms with van der Waals surface area (Å²) < 4.78 is 0.991. The molecule has 116 valence electrons. The van der Waals surface area contributed by atoms with Crippen LogP contribution in [-0.4, -0.2) is 52.9 Å². The maximum atomic E-state index is 11.7. The SMILES string of the molecule is CC(=O)N(c1nnc(SC[C@H]2CCCN(C)C2)s1)C1CC1. The van der Waals surface area contributed by atoms with Crippen molar-refractivity contribution < 1.29 is 4.79 Å². The van der Waals surface area contributed by atoms with E-state index in [0.717, 1.165) is 34.0 Å². The normalized spacial score (nSPS) is 23.2. The number of anilines is 1. The molecule has 5 nitrogen and oxygen atoms in total. The molecule has 2 heterocycles. The second kappa shape index (κ2) is 6.62. The first-order valence-corrected chi connectivity index (χ1v) is 9.38. The number of nitrogens with zero attached hydrogens (tertiary/aromatic N) is 4. The molecule has 0 bridgehead atoms. The maximum absolute atomic E-state index is 11.7. The number of carbonyl (C=O) groups is 1.